The lowest BCUT2D eigenvalue weighted by atomic mass is 10.1. The molecule has 8 nitrogen and oxygen atoms in total. The maximum Gasteiger partial charge on any atom is 0.433 e. The Morgan fingerprint density at radius 2 is 1.92 bits per heavy atom. The highest BCUT2D eigenvalue weighted by Crippen LogP contribution is 2.35. The van der Waals surface area contributed by atoms with Crippen LogP contribution in [0.4, 0.5) is 5.88 Å². The lowest BCUT2D eigenvalue weighted by Gasteiger charge is -2.14. The molecule has 9 heteroatoms. The van der Waals surface area contributed by atoms with Crippen LogP contribution in [0.1, 0.15) is 22.7 Å². The Morgan fingerprint density at radius 3 is 2.62 bits per heavy atom. The van der Waals surface area contributed by atoms with Gasteiger partial charge in [-0.25, -0.2) is 0 Å². The third-order valence-corrected chi connectivity index (χ3v) is 4.75. The highest BCUT2D eigenvalue weighted by atomic mass is 32.2. The van der Waals surface area contributed by atoms with Crippen molar-refractivity contribution in [2.24, 2.45) is 5.10 Å². The normalized spacial score (nSPS) is 15.0. The number of fused-ring (bicyclic) bond motifs is 1. The van der Waals surface area contributed by atoms with Crippen LogP contribution in [0.25, 0.3) is 6.08 Å². The van der Waals surface area contributed by atoms with Gasteiger partial charge < -0.3 is 4.42 Å². The number of allylic oxidation sites excluding steroid dienone is 1. The fourth-order valence-corrected chi connectivity index (χ4v) is 3.42. The van der Waals surface area contributed by atoms with Crippen LogP contribution in [0.2, 0.25) is 0 Å². The molecule has 0 atom stereocenters. The first kappa shape index (κ1) is 16.3. The summed E-state index contributed by atoms with van der Waals surface area (Å²) in [5.41, 5.74) is 2.64. The van der Waals surface area contributed by atoms with Crippen molar-refractivity contribution in [3.8, 4) is 0 Å². The molecule has 1 aliphatic rings. The molecule has 0 spiro atoms. The van der Waals surface area contributed by atoms with Gasteiger partial charge >= 0.3 is 5.88 Å². The molecule has 4 rings (SSSR count). The number of benzene rings is 1. The summed E-state index contributed by atoms with van der Waals surface area (Å²) < 4.78 is 6.96. The number of furan rings is 1. The maximum absolute atomic E-state index is 10.9. The van der Waals surface area contributed by atoms with Crippen LogP contribution in [0.5, 0.6) is 0 Å². The van der Waals surface area contributed by atoms with E-state index in [1.54, 1.807) is 17.7 Å². The molecule has 3 heterocycles. The monoisotopic (exact) mass is 367 g/mol. The molecule has 0 radical (unpaired) electrons. The van der Waals surface area contributed by atoms with Gasteiger partial charge in [0.2, 0.25) is 5.16 Å². The van der Waals surface area contributed by atoms with E-state index >= 15 is 0 Å². The van der Waals surface area contributed by atoms with Crippen molar-refractivity contribution < 1.29 is 9.34 Å². The van der Waals surface area contributed by atoms with Gasteiger partial charge in [0.1, 0.15) is 10.6 Å². The molecule has 0 bridgehead atoms. The number of hydrogen-bond donors (Lipinski definition) is 0. The Kier molecular flexibility index (Phi) is 3.92. The number of aryl methyl sites for hydroxylation is 2. The molecule has 2 aromatic heterocycles. The third kappa shape index (κ3) is 2.93. The first-order valence-corrected chi connectivity index (χ1v) is 8.55. The summed E-state index contributed by atoms with van der Waals surface area (Å²) in [5.74, 6) is 0.621. The lowest BCUT2D eigenvalue weighted by Crippen LogP contribution is -2.12. The van der Waals surface area contributed by atoms with Gasteiger partial charge in [0.15, 0.2) is 11.6 Å². The van der Waals surface area contributed by atoms with E-state index in [9.17, 15) is 10.1 Å². The van der Waals surface area contributed by atoms with E-state index in [4.69, 9.17) is 4.42 Å². The average molecular weight is 367 g/mol. The van der Waals surface area contributed by atoms with Crippen LogP contribution in [0.3, 0.4) is 0 Å². The zero-order chi connectivity index (χ0) is 18.3. The molecular weight excluding hydrogens is 354 g/mol. The number of aromatic nitrogens is 3. The number of hydrogen-bond acceptors (Lipinski definition) is 7. The summed E-state index contributed by atoms with van der Waals surface area (Å²) in [6, 6.07) is 10.9. The van der Waals surface area contributed by atoms with Crippen LogP contribution in [0, 0.1) is 24.0 Å². The maximum atomic E-state index is 10.9. The smallest absolute Gasteiger partial charge is 0.399 e. The van der Waals surface area contributed by atoms with Crippen LogP contribution in [-0.2, 0) is 0 Å². The van der Waals surface area contributed by atoms with Gasteiger partial charge in [0, 0.05) is 4.91 Å². The summed E-state index contributed by atoms with van der Waals surface area (Å²) in [7, 11) is 0. The summed E-state index contributed by atoms with van der Waals surface area (Å²) in [6.07, 6.45) is 1.95. The van der Waals surface area contributed by atoms with Gasteiger partial charge in [-0.15, -0.1) is 10.2 Å². The van der Waals surface area contributed by atoms with E-state index in [2.05, 4.69) is 15.3 Å². The zero-order valence-electron chi connectivity index (χ0n) is 13.9. The zero-order valence-corrected chi connectivity index (χ0v) is 14.7. The molecule has 26 heavy (non-hydrogen) atoms. The van der Waals surface area contributed by atoms with Gasteiger partial charge in [-0.05, 0) is 43.3 Å². The Morgan fingerprint density at radius 1 is 1.15 bits per heavy atom. The molecule has 1 aromatic carbocycles. The Labute approximate surface area is 152 Å². The van der Waals surface area contributed by atoms with Crippen molar-refractivity contribution in [3.63, 3.8) is 0 Å². The molecule has 0 unspecified atom stereocenters. The first-order chi connectivity index (χ1) is 12.5. The quantitative estimate of drug-likeness (QED) is 0.516. The second kappa shape index (κ2) is 6.26. The topological polar surface area (TPSA) is 99.3 Å². The molecular formula is C17H13N5O3S. The summed E-state index contributed by atoms with van der Waals surface area (Å²) in [5, 5.41) is 24.3. The van der Waals surface area contributed by atoms with E-state index in [-0.39, 0.29) is 5.88 Å². The van der Waals surface area contributed by atoms with Gasteiger partial charge in [-0.2, -0.15) is 9.78 Å². The number of nitro groups is 1. The van der Waals surface area contributed by atoms with Crippen molar-refractivity contribution in [3.05, 3.63) is 74.1 Å². The van der Waals surface area contributed by atoms with E-state index < -0.39 is 4.92 Å². The lowest BCUT2D eigenvalue weighted by molar-refractivity contribution is -0.402. The largest absolute Gasteiger partial charge is 0.433 e. The van der Waals surface area contributed by atoms with Crippen LogP contribution in [-0.4, -0.2) is 25.5 Å². The average Bonchev–Trinajstić information content (AvgIpc) is 3.24. The van der Waals surface area contributed by atoms with Gasteiger partial charge in [0.05, 0.1) is 6.07 Å². The molecule has 0 aliphatic carbocycles. The number of rotatable bonds is 3. The highest BCUT2D eigenvalue weighted by Gasteiger charge is 2.26. The van der Waals surface area contributed by atoms with Crippen LogP contribution in [0.15, 0.2) is 56.0 Å². The molecule has 0 N–H and O–H groups in total. The predicted molar refractivity (Wildman–Crippen MR) is 97.1 cm³/mol. The van der Waals surface area contributed by atoms with Crippen LogP contribution >= 0.6 is 11.8 Å². The molecule has 0 saturated heterocycles. The van der Waals surface area contributed by atoms with Gasteiger partial charge in [0.25, 0.3) is 0 Å². The van der Waals surface area contributed by atoms with Crippen molar-refractivity contribution in [2.45, 2.75) is 19.0 Å². The van der Waals surface area contributed by atoms with Crippen LogP contribution < -0.4 is 0 Å². The third-order valence-electron chi connectivity index (χ3n) is 3.78. The molecule has 0 amide bonds. The fourth-order valence-electron chi connectivity index (χ4n) is 2.45. The minimum Gasteiger partial charge on any atom is -0.399 e. The van der Waals surface area contributed by atoms with Gasteiger partial charge in [-0.1, -0.05) is 29.8 Å². The minimum atomic E-state index is -0.571. The predicted octanol–water partition coefficient (Wildman–Crippen LogP) is 3.80. The second-order valence-electron chi connectivity index (χ2n) is 5.71. The number of nitrogens with zero attached hydrogens (tertiary/aromatic N) is 5. The fraction of sp³-hybridized carbons (Fsp3) is 0.118. The SMILES string of the molecule is Cc1ccc(/C=C2\Sc3nnc(C)n3N=C2c2ccc([N+](=O)[O-])o2)cc1. The first-order valence-electron chi connectivity index (χ1n) is 7.73. The van der Waals surface area contributed by atoms with E-state index in [0.29, 0.717) is 22.5 Å². The molecule has 0 fully saturated rings. The van der Waals surface area contributed by atoms with Crippen molar-refractivity contribution in [1.82, 2.24) is 14.9 Å². The molecule has 3 aromatic rings. The number of thioether (sulfide) groups is 1. The Hall–Kier alpha value is -3.20. The summed E-state index contributed by atoms with van der Waals surface area (Å²) >= 11 is 1.39. The van der Waals surface area contributed by atoms with Crippen molar-refractivity contribution in [2.75, 3.05) is 0 Å². The van der Waals surface area contributed by atoms with Crippen molar-refractivity contribution in [1.29, 1.82) is 0 Å². The summed E-state index contributed by atoms with van der Waals surface area (Å²) in [4.78, 5) is 11.1. The molecule has 1 aliphatic heterocycles. The highest BCUT2D eigenvalue weighted by molar-refractivity contribution is 8.04. The van der Waals surface area contributed by atoms with Crippen molar-refractivity contribution >= 4 is 29.4 Å². The Bertz CT molecular complexity index is 1060. The molecule has 130 valence electrons. The minimum absolute atomic E-state index is 0.321. The molecule has 0 saturated carbocycles. The van der Waals surface area contributed by atoms with E-state index in [1.807, 2.05) is 37.3 Å². The second-order valence-corrected chi connectivity index (χ2v) is 6.72. The van der Waals surface area contributed by atoms with E-state index in [1.165, 1.54) is 17.8 Å². The Balaban J connectivity index is 1.83. The standard InChI is InChI=1S/C17H13N5O3S/c1-10-3-5-12(6-4-10)9-14-16(13-7-8-15(25-13)22(23)24)20-21-11(2)18-19-17(21)26-14/h3-9H,1-2H3/b14-9-. The summed E-state index contributed by atoms with van der Waals surface area (Å²) in [6.45, 7) is 3.81. The van der Waals surface area contributed by atoms with E-state index in [0.717, 1.165) is 16.0 Å². The van der Waals surface area contributed by atoms with Gasteiger partial charge in [-0.3, -0.25) is 10.1 Å².